The second-order valence-electron chi connectivity index (χ2n) is 4.37. The van der Waals surface area contributed by atoms with E-state index < -0.39 is 13.1 Å². The Hall–Kier alpha value is -1.86. The van der Waals surface area contributed by atoms with Crippen molar-refractivity contribution in [1.29, 1.82) is 0 Å². The second kappa shape index (κ2) is 6.53. The molecule has 0 atom stereocenters. The highest BCUT2D eigenvalue weighted by Gasteiger charge is 2.27. The van der Waals surface area contributed by atoms with E-state index >= 15 is 0 Å². The third-order valence-corrected chi connectivity index (χ3v) is 5.86. The Kier molecular flexibility index (Phi) is 4.75. The molecule has 0 N–H and O–H groups in total. The fraction of sp³-hybridized carbons (Fsp3) is 0.125. The minimum atomic E-state index is -2.81. The molecule has 3 nitrogen and oxygen atoms in total. The highest BCUT2D eigenvalue weighted by Crippen LogP contribution is 2.43. The van der Waals surface area contributed by atoms with Gasteiger partial charge in [0.2, 0.25) is 0 Å². The zero-order valence-electron chi connectivity index (χ0n) is 11.2. The Bertz CT molecular complexity index is 565. The number of ether oxygens (including phenoxy) is 1. The molecule has 0 amide bonds. The summed E-state index contributed by atoms with van der Waals surface area (Å²) >= 11 is 0. The predicted octanol–water partition coefficient (Wildman–Crippen LogP) is 2.73. The maximum absolute atomic E-state index is 13.4. The molecule has 0 saturated heterocycles. The van der Waals surface area contributed by atoms with Crippen LogP contribution in [0, 0.1) is 6.61 Å². The van der Waals surface area contributed by atoms with E-state index in [9.17, 15) is 9.36 Å². The number of hydrogen-bond acceptors (Lipinski definition) is 3. The Labute approximate surface area is 119 Å². The van der Waals surface area contributed by atoms with E-state index in [1.165, 1.54) is 13.5 Å². The van der Waals surface area contributed by atoms with E-state index in [0.717, 1.165) is 10.6 Å². The van der Waals surface area contributed by atoms with E-state index in [-0.39, 0.29) is 6.16 Å². The summed E-state index contributed by atoms with van der Waals surface area (Å²) < 4.78 is 18.2. The zero-order valence-corrected chi connectivity index (χ0v) is 12.1. The lowest BCUT2D eigenvalue weighted by atomic mass is 10.4. The Balaban J connectivity index is 2.34. The van der Waals surface area contributed by atoms with Crippen LogP contribution >= 0.6 is 7.14 Å². The first-order valence-electron chi connectivity index (χ1n) is 6.32. The summed E-state index contributed by atoms with van der Waals surface area (Å²) in [6.45, 7) is 2.66. The van der Waals surface area contributed by atoms with Gasteiger partial charge in [-0.1, -0.05) is 60.7 Å². The molecule has 0 unspecified atom stereocenters. The highest BCUT2D eigenvalue weighted by molar-refractivity contribution is 7.78. The number of carbonyl (C=O) groups is 1. The molecule has 0 spiro atoms. The average molecular weight is 287 g/mol. The minimum absolute atomic E-state index is 0.195. The van der Waals surface area contributed by atoms with E-state index in [2.05, 4.69) is 0 Å². The molecular weight excluding hydrogens is 271 g/mol. The number of hydrogen-bond donors (Lipinski definition) is 0. The van der Waals surface area contributed by atoms with Gasteiger partial charge in [0.05, 0.1) is 0 Å². The molecule has 2 rings (SSSR count). The van der Waals surface area contributed by atoms with Crippen LogP contribution in [0.5, 0.6) is 0 Å². The van der Waals surface area contributed by atoms with Gasteiger partial charge >= 0.3 is 5.97 Å². The second-order valence-corrected chi connectivity index (χ2v) is 7.25. The van der Waals surface area contributed by atoms with Gasteiger partial charge in [0.25, 0.3) is 0 Å². The largest absolute Gasteiger partial charge is 0.458 e. The Morgan fingerprint density at radius 2 is 1.45 bits per heavy atom. The third-order valence-electron chi connectivity index (χ3n) is 2.93. The minimum Gasteiger partial charge on any atom is -0.458 e. The van der Waals surface area contributed by atoms with Gasteiger partial charge in [-0.05, 0) is 0 Å². The lowest BCUT2D eigenvalue weighted by Gasteiger charge is -2.18. The molecule has 0 aliphatic heterocycles. The Morgan fingerprint density at radius 3 is 1.85 bits per heavy atom. The first-order valence-corrected chi connectivity index (χ1v) is 8.21. The molecule has 0 aliphatic rings. The quantitative estimate of drug-likeness (QED) is 0.627. The van der Waals surface area contributed by atoms with Gasteiger partial charge < -0.3 is 9.30 Å². The average Bonchev–Trinajstić information content (AvgIpc) is 2.48. The van der Waals surface area contributed by atoms with Gasteiger partial charge in [0.1, 0.15) is 13.7 Å². The SMILES string of the molecule is CC(=O)O[CH]CP(=O)(c1ccccc1)c1ccccc1. The fourth-order valence-electron chi connectivity index (χ4n) is 1.96. The van der Waals surface area contributed by atoms with Crippen LogP contribution in [0.15, 0.2) is 60.7 Å². The molecule has 20 heavy (non-hydrogen) atoms. The monoisotopic (exact) mass is 287 g/mol. The number of carbonyl (C=O) groups excluding carboxylic acids is 1. The molecule has 0 aliphatic carbocycles. The van der Waals surface area contributed by atoms with Gasteiger partial charge in [0, 0.05) is 23.7 Å². The molecule has 0 heterocycles. The number of benzene rings is 2. The van der Waals surface area contributed by atoms with Crippen LogP contribution in [0.25, 0.3) is 0 Å². The summed E-state index contributed by atoms with van der Waals surface area (Å²) in [6, 6.07) is 18.6. The van der Waals surface area contributed by atoms with Crippen molar-refractivity contribution in [3.05, 3.63) is 67.3 Å². The van der Waals surface area contributed by atoms with E-state index in [1.807, 2.05) is 60.7 Å². The summed E-state index contributed by atoms with van der Waals surface area (Å²) in [5.41, 5.74) is 0. The van der Waals surface area contributed by atoms with Crippen LogP contribution in [0.4, 0.5) is 0 Å². The van der Waals surface area contributed by atoms with Gasteiger partial charge in [-0.3, -0.25) is 4.79 Å². The van der Waals surface area contributed by atoms with Crippen molar-refractivity contribution in [2.24, 2.45) is 0 Å². The molecule has 4 heteroatoms. The molecule has 2 aromatic rings. The maximum Gasteiger partial charge on any atom is 0.303 e. The third kappa shape index (κ3) is 3.37. The molecule has 2 aromatic carbocycles. The van der Waals surface area contributed by atoms with Crippen molar-refractivity contribution >= 4 is 23.7 Å². The van der Waals surface area contributed by atoms with Crippen LogP contribution in [-0.2, 0) is 14.1 Å². The normalized spacial score (nSPS) is 11.1. The molecular formula is C16H16O3P. The fourth-order valence-corrected chi connectivity index (χ4v) is 4.27. The Morgan fingerprint density at radius 1 is 1.00 bits per heavy atom. The molecule has 0 aromatic heterocycles. The molecule has 1 radical (unpaired) electrons. The van der Waals surface area contributed by atoms with Crippen molar-refractivity contribution in [1.82, 2.24) is 0 Å². The van der Waals surface area contributed by atoms with Gasteiger partial charge in [-0.15, -0.1) is 0 Å². The van der Waals surface area contributed by atoms with Crippen LogP contribution in [-0.4, -0.2) is 12.1 Å². The molecule has 0 saturated carbocycles. The molecule has 0 fully saturated rings. The van der Waals surface area contributed by atoms with Crippen molar-refractivity contribution < 1.29 is 14.1 Å². The van der Waals surface area contributed by atoms with Gasteiger partial charge in [-0.2, -0.15) is 0 Å². The van der Waals surface area contributed by atoms with Crippen LogP contribution in [0.3, 0.4) is 0 Å². The molecule has 0 bridgehead atoms. The van der Waals surface area contributed by atoms with E-state index in [1.54, 1.807) is 0 Å². The number of esters is 1. The van der Waals surface area contributed by atoms with Gasteiger partial charge in [-0.25, -0.2) is 0 Å². The van der Waals surface area contributed by atoms with Crippen molar-refractivity contribution in [3.63, 3.8) is 0 Å². The summed E-state index contributed by atoms with van der Waals surface area (Å²) in [7, 11) is -2.81. The van der Waals surface area contributed by atoms with Crippen molar-refractivity contribution in [3.8, 4) is 0 Å². The first-order chi connectivity index (χ1) is 9.63. The predicted molar refractivity (Wildman–Crippen MR) is 80.7 cm³/mol. The van der Waals surface area contributed by atoms with Crippen molar-refractivity contribution in [2.45, 2.75) is 6.92 Å². The highest BCUT2D eigenvalue weighted by atomic mass is 31.2. The van der Waals surface area contributed by atoms with Gasteiger partial charge in [0.15, 0.2) is 0 Å². The molecule has 103 valence electrons. The summed E-state index contributed by atoms with van der Waals surface area (Å²) in [6.07, 6.45) is 0.195. The lowest BCUT2D eigenvalue weighted by molar-refractivity contribution is -0.137. The number of rotatable bonds is 5. The lowest BCUT2D eigenvalue weighted by Crippen LogP contribution is -2.19. The smallest absolute Gasteiger partial charge is 0.303 e. The summed E-state index contributed by atoms with van der Waals surface area (Å²) in [5.74, 6) is -0.405. The maximum atomic E-state index is 13.4. The van der Waals surface area contributed by atoms with Crippen LogP contribution < -0.4 is 10.6 Å². The standard InChI is InChI=1S/C16H16O3P/c1-14(17)19-12-13-20(18,15-8-4-2-5-9-15)16-10-6-3-7-11-16/h2-12H,13H2,1H3. The van der Waals surface area contributed by atoms with Crippen molar-refractivity contribution in [2.75, 3.05) is 6.16 Å². The van der Waals surface area contributed by atoms with Crippen LogP contribution in [0.1, 0.15) is 6.92 Å². The summed E-state index contributed by atoms with van der Waals surface area (Å²) in [4.78, 5) is 10.9. The van der Waals surface area contributed by atoms with Crippen LogP contribution in [0.2, 0.25) is 0 Å². The first kappa shape index (κ1) is 14.5. The summed E-state index contributed by atoms with van der Waals surface area (Å²) in [5, 5.41) is 1.52. The topological polar surface area (TPSA) is 43.4 Å². The van der Waals surface area contributed by atoms with E-state index in [0.29, 0.717) is 0 Å². The zero-order chi connectivity index (χ0) is 14.4. The van der Waals surface area contributed by atoms with E-state index in [4.69, 9.17) is 4.74 Å².